The molecule has 0 unspecified atom stereocenters. The number of allylic oxidation sites excluding steroid dienone is 3. The first-order valence-corrected chi connectivity index (χ1v) is 14.4. The lowest BCUT2D eigenvalue weighted by Gasteiger charge is -2.41. The molecule has 1 aromatic carbocycles. The molecule has 4 bridgehead atoms. The molecule has 4 N–H and O–H groups in total. The zero-order valence-corrected chi connectivity index (χ0v) is 25.9. The standard InChI is InChI=1S/C32H43N3O8/c1-18(2)30(38)42-26-16-29(37)34-25-14-23(13-24(15-25)33-22(6)36)11-19(3)9-8-10-28(41-7)32(40)17-27(43-31(39)35-32)21(5)12-20(26)4/h8-10,12-15,18,21,26-28,40H,11,16-17H2,1-7H3,(H,33,36)(H,34,37)(H,35,39)/b10-8+,19-9+,20-12+/t21-,26-,27-,28+,32-/m0/s1. The number of hydrogen-bond donors (Lipinski definition) is 4. The lowest BCUT2D eigenvalue weighted by molar-refractivity contribution is -0.151. The molecule has 43 heavy (non-hydrogen) atoms. The Morgan fingerprint density at radius 1 is 1.19 bits per heavy atom. The maximum Gasteiger partial charge on any atom is 0.409 e. The average Bonchev–Trinajstić information content (AvgIpc) is 2.88. The number of fused-ring (bicyclic) bond motifs is 4. The average molecular weight is 598 g/mol. The zero-order valence-electron chi connectivity index (χ0n) is 25.9. The number of carbonyl (C=O) groups is 4. The topological polar surface area (TPSA) is 152 Å². The van der Waals surface area contributed by atoms with Gasteiger partial charge >= 0.3 is 12.1 Å². The van der Waals surface area contributed by atoms with E-state index in [9.17, 15) is 24.3 Å². The predicted octanol–water partition coefficient (Wildman–Crippen LogP) is 4.38. The Kier molecular flexibility index (Phi) is 11.3. The molecule has 0 aromatic heterocycles. The second kappa shape index (κ2) is 14.5. The first-order valence-electron chi connectivity index (χ1n) is 14.4. The second-order valence-corrected chi connectivity index (χ2v) is 11.6. The van der Waals surface area contributed by atoms with Crippen molar-refractivity contribution in [2.45, 2.75) is 84.8 Å². The van der Waals surface area contributed by atoms with E-state index >= 15 is 0 Å². The van der Waals surface area contributed by atoms with Crippen molar-refractivity contribution in [3.05, 3.63) is 59.2 Å². The lowest BCUT2D eigenvalue weighted by Crippen LogP contribution is -2.63. The first-order chi connectivity index (χ1) is 20.2. The molecule has 0 spiro atoms. The van der Waals surface area contributed by atoms with Crippen molar-refractivity contribution in [1.82, 2.24) is 5.32 Å². The number of ether oxygens (including phenoxy) is 3. The van der Waals surface area contributed by atoms with Crippen molar-refractivity contribution in [2.24, 2.45) is 11.8 Å². The van der Waals surface area contributed by atoms with Crippen molar-refractivity contribution in [1.29, 1.82) is 0 Å². The molecule has 2 aliphatic rings. The van der Waals surface area contributed by atoms with Gasteiger partial charge in [0.2, 0.25) is 11.8 Å². The van der Waals surface area contributed by atoms with Gasteiger partial charge in [-0.15, -0.1) is 0 Å². The number of methoxy groups -OCH3 is 1. The zero-order chi connectivity index (χ0) is 31.9. The van der Waals surface area contributed by atoms with Crippen molar-refractivity contribution in [3.63, 3.8) is 0 Å². The van der Waals surface area contributed by atoms with Crippen LogP contribution in [0.2, 0.25) is 0 Å². The molecule has 1 fully saturated rings. The number of rotatable bonds is 4. The number of amides is 3. The van der Waals surface area contributed by atoms with Gasteiger partial charge in [-0.1, -0.05) is 50.6 Å². The molecule has 3 amide bonds. The number of carbonyl (C=O) groups excluding carboxylic acids is 4. The molecule has 2 heterocycles. The summed E-state index contributed by atoms with van der Waals surface area (Å²) in [5.74, 6) is -1.95. The number of anilines is 2. The third-order valence-electron chi connectivity index (χ3n) is 7.28. The van der Waals surface area contributed by atoms with Gasteiger partial charge < -0.3 is 30.0 Å². The minimum Gasteiger partial charge on any atom is -0.457 e. The summed E-state index contributed by atoms with van der Waals surface area (Å²) in [6.07, 6.45) is 4.07. The van der Waals surface area contributed by atoms with Gasteiger partial charge in [0.1, 0.15) is 18.3 Å². The van der Waals surface area contributed by atoms with Crippen LogP contribution in [0.15, 0.2) is 53.6 Å². The normalized spacial score (nSPS) is 30.0. The van der Waals surface area contributed by atoms with Crippen LogP contribution in [0.4, 0.5) is 16.2 Å². The Morgan fingerprint density at radius 3 is 2.56 bits per heavy atom. The highest BCUT2D eigenvalue weighted by Gasteiger charge is 2.46. The fraction of sp³-hybridized carbons (Fsp3) is 0.500. The molecule has 11 nitrogen and oxygen atoms in total. The van der Waals surface area contributed by atoms with E-state index in [0.29, 0.717) is 23.4 Å². The molecule has 1 saturated heterocycles. The van der Waals surface area contributed by atoms with Crippen LogP contribution in [0.1, 0.15) is 59.9 Å². The van der Waals surface area contributed by atoms with Crippen LogP contribution in [0.25, 0.3) is 0 Å². The fourth-order valence-corrected chi connectivity index (χ4v) is 5.08. The summed E-state index contributed by atoms with van der Waals surface area (Å²) in [5, 5.41) is 19.6. The van der Waals surface area contributed by atoms with Crippen molar-refractivity contribution < 1.29 is 38.5 Å². The Morgan fingerprint density at radius 2 is 1.91 bits per heavy atom. The molecule has 0 radical (unpaired) electrons. The highest BCUT2D eigenvalue weighted by Crippen LogP contribution is 2.30. The van der Waals surface area contributed by atoms with Gasteiger partial charge in [0.15, 0.2) is 5.72 Å². The maximum absolute atomic E-state index is 13.3. The van der Waals surface area contributed by atoms with Crippen LogP contribution in [0.5, 0.6) is 0 Å². The van der Waals surface area contributed by atoms with E-state index in [0.717, 1.165) is 11.1 Å². The van der Waals surface area contributed by atoms with E-state index in [1.165, 1.54) is 14.0 Å². The summed E-state index contributed by atoms with van der Waals surface area (Å²) in [4.78, 5) is 50.2. The molecular weight excluding hydrogens is 554 g/mol. The van der Waals surface area contributed by atoms with Crippen LogP contribution in [-0.4, -0.2) is 60.1 Å². The number of esters is 1. The fourth-order valence-electron chi connectivity index (χ4n) is 5.08. The van der Waals surface area contributed by atoms with Gasteiger partial charge in [0.05, 0.1) is 12.3 Å². The molecule has 1 aromatic rings. The lowest BCUT2D eigenvalue weighted by atomic mass is 9.89. The van der Waals surface area contributed by atoms with Gasteiger partial charge in [0.25, 0.3) is 0 Å². The van der Waals surface area contributed by atoms with Crippen molar-refractivity contribution >= 4 is 35.3 Å². The van der Waals surface area contributed by atoms with E-state index in [4.69, 9.17) is 14.2 Å². The van der Waals surface area contributed by atoms with Gasteiger partial charge in [-0.3, -0.25) is 19.7 Å². The van der Waals surface area contributed by atoms with E-state index in [2.05, 4.69) is 16.0 Å². The number of aliphatic hydroxyl groups is 1. The Hall–Kier alpha value is -3.96. The van der Waals surface area contributed by atoms with Gasteiger partial charge in [0, 0.05) is 37.7 Å². The van der Waals surface area contributed by atoms with E-state index in [-0.39, 0.29) is 18.7 Å². The Bertz CT molecular complexity index is 1320. The van der Waals surface area contributed by atoms with Crippen LogP contribution >= 0.6 is 0 Å². The number of alkyl carbamates (subject to hydrolysis) is 1. The van der Waals surface area contributed by atoms with Crippen LogP contribution in [-0.2, 0) is 35.0 Å². The van der Waals surface area contributed by atoms with E-state index < -0.39 is 53.8 Å². The van der Waals surface area contributed by atoms with Crippen molar-refractivity contribution in [2.75, 3.05) is 17.7 Å². The van der Waals surface area contributed by atoms with Gasteiger partial charge in [-0.25, -0.2) is 4.79 Å². The monoisotopic (exact) mass is 597 g/mol. The highest BCUT2D eigenvalue weighted by atomic mass is 16.6. The van der Waals surface area contributed by atoms with Gasteiger partial charge in [-0.05, 0) is 49.6 Å². The molecule has 11 heteroatoms. The Balaban J connectivity index is 2.09. The van der Waals surface area contributed by atoms with E-state index in [1.54, 1.807) is 45.1 Å². The van der Waals surface area contributed by atoms with Crippen LogP contribution in [0, 0.1) is 11.8 Å². The quantitative estimate of drug-likeness (QED) is 0.295. The highest BCUT2D eigenvalue weighted by molar-refractivity contribution is 5.94. The molecule has 2 aliphatic heterocycles. The van der Waals surface area contributed by atoms with Gasteiger partial charge in [-0.2, -0.15) is 0 Å². The minimum absolute atomic E-state index is 0.0178. The summed E-state index contributed by atoms with van der Waals surface area (Å²) in [5.41, 5.74) is 1.60. The summed E-state index contributed by atoms with van der Waals surface area (Å²) < 4.78 is 16.8. The summed E-state index contributed by atoms with van der Waals surface area (Å²) in [7, 11) is 1.44. The molecular formula is C32H43N3O8. The summed E-state index contributed by atoms with van der Waals surface area (Å²) >= 11 is 0. The summed E-state index contributed by atoms with van der Waals surface area (Å²) in [6, 6.07) is 5.30. The predicted molar refractivity (Wildman–Crippen MR) is 162 cm³/mol. The molecule has 3 rings (SSSR count). The summed E-state index contributed by atoms with van der Waals surface area (Å²) in [6.45, 7) is 10.3. The molecule has 234 valence electrons. The third-order valence-corrected chi connectivity index (χ3v) is 7.28. The smallest absolute Gasteiger partial charge is 0.409 e. The molecule has 5 atom stereocenters. The number of hydrogen-bond acceptors (Lipinski definition) is 8. The van der Waals surface area contributed by atoms with E-state index in [1.807, 2.05) is 32.1 Å². The molecule has 0 saturated carbocycles. The van der Waals surface area contributed by atoms with Crippen LogP contribution in [0.3, 0.4) is 0 Å². The Labute approximate surface area is 252 Å². The third kappa shape index (κ3) is 9.52. The largest absolute Gasteiger partial charge is 0.457 e. The molecule has 0 aliphatic carbocycles. The van der Waals surface area contributed by atoms with Crippen molar-refractivity contribution in [3.8, 4) is 0 Å². The second-order valence-electron chi connectivity index (χ2n) is 11.6. The SMILES string of the molecule is CO[C@@H]1/C=C/C=C(\C)Cc2cc(NC(C)=O)cc(c2)NC(=O)C[C@H](OC(=O)C(C)C)/C(C)=C/[C@H](C)[C@@H]2C[C@@]1(O)NC(=O)O2. The minimum atomic E-state index is -1.75. The first kappa shape index (κ1) is 33.5. The van der Waals surface area contributed by atoms with Crippen LogP contribution < -0.4 is 16.0 Å². The maximum atomic E-state index is 13.3. The number of nitrogens with one attached hydrogen (secondary N) is 3. The number of benzene rings is 1.